The molecular weight excluding hydrogens is 314 g/mol. The Morgan fingerprint density at radius 2 is 1.92 bits per heavy atom. The van der Waals surface area contributed by atoms with Gasteiger partial charge < -0.3 is 10.0 Å². The van der Waals surface area contributed by atoms with Crippen molar-refractivity contribution in [3.05, 3.63) is 35.4 Å². The van der Waals surface area contributed by atoms with Crippen LogP contribution < -0.4 is 0 Å². The normalized spacial score (nSPS) is 26.6. The second-order valence-corrected chi connectivity index (χ2v) is 6.81. The van der Waals surface area contributed by atoms with Crippen molar-refractivity contribution in [3.8, 4) is 0 Å². The van der Waals surface area contributed by atoms with Crippen molar-refractivity contribution in [2.24, 2.45) is 5.92 Å². The quantitative estimate of drug-likeness (QED) is 0.920. The molecule has 3 rings (SSSR count). The van der Waals surface area contributed by atoms with Crippen LogP contribution in [-0.2, 0) is 4.79 Å². The van der Waals surface area contributed by atoms with Gasteiger partial charge in [0.15, 0.2) is 0 Å². The van der Waals surface area contributed by atoms with E-state index in [1.165, 1.54) is 12.1 Å². The van der Waals surface area contributed by atoms with Crippen molar-refractivity contribution >= 4 is 5.91 Å². The van der Waals surface area contributed by atoms with E-state index >= 15 is 0 Å². The number of hydrogen-bond acceptors (Lipinski definition) is 3. The molecule has 1 saturated heterocycles. The van der Waals surface area contributed by atoms with Gasteiger partial charge in [-0.25, -0.2) is 8.78 Å². The minimum atomic E-state index is -0.575. The monoisotopic (exact) mass is 338 g/mol. The van der Waals surface area contributed by atoms with Crippen LogP contribution in [0.4, 0.5) is 8.78 Å². The molecule has 4 nitrogen and oxygen atoms in total. The van der Waals surface area contributed by atoms with Gasteiger partial charge in [-0.3, -0.25) is 9.69 Å². The first-order valence-corrected chi connectivity index (χ1v) is 8.63. The molecular formula is C18H24F2N2O2. The average Bonchev–Trinajstić information content (AvgIpc) is 3.00. The molecule has 1 heterocycles. The molecule has 1 aromatic carbocycles. The fraction of sp³-hybridized carbons (Fsp3) is 0.611. The second-order valence-electron chi connectivity index (χ2n) is 6.81. The summed E-state index contributed by atoms with van der Waals surface area (Å²) in [7, 11) is 0. The number of halogens is 2. The number of amides is 1. The first-order chi connectivity index (χ1) is 11.5. The van der Waals surface area contributed by atoms with Gasteiger partial charge in [-0.15, -0.1) is 0 Å². The summed E-state index contributed by atoms with van der Waals surface area (Å²) in [5, 5.41) is 9.90. The van der Waals surface area contributed by atoms with Crippen molar-refractivity contribution in [3.63, 3.8) is 0 Å². The van der Waals surface area contributed by atoms with Gasteiger partial charge >= 0.3 is 0 Å². The molecule has 132 valence electrons. The van der Waals surface area contributed by atoms with Gasteiger partial charge in [-0.2, -0.15) is 0 Å². The maximum absolute atomic E-state index is 13.9. The fourth-order valence-corrected chi connectivity index (χ4v) is 3.83. The summed E-state index contributed by atoms with van der Waals surface area (Å²) in [6.45, 7) is 4.35. The van der Waals surface area contributed by atoms with E-state index in [4.69, 9.17) is 0 Å². The van der Waals surface area contributed by atoms with Gasteiger partial charge in [-0.1, -0.05) is 6.07 Å². The van der Waals surface area contributed by atoms with E-state index in [2.05, 4.69) is 4.90 Å². The Hall–Kier alpha value is -1.53. The molecule has 2 fully saturated rings. The van der Waals surface area contributed by atoms with Crippen molar-refractivity contribution in [2.75, 3.05) is 26.2 Å². The summed E-state index contributed by atoms with van der Waals surface area (Å²) in [4.78, 5) is 16.4. The Morgan fingerprint density at radius 1 is 1.21 bits per heavy atom. The van der Waals surface area contributed by atoms with Crippen molar-refractivity contribution in [2.45, 2.75) is 38.3 Å². The van der Waals surface area contributed by atoms with Crippen LogP contribution in [0.2, 0.25) is 0 Å². The molecule has 1 aromatic rings. The average molecular weight is 338 g/mol. The molecule has 1 aliphatic heterocycles. The molecule has 0 radical (unpaired) electrons. The van der Waals surface area contributed by atoms with Crippen LogP contribution in [0.15, 0.2) is 18.2 Å². The Bertz CT molecular complexity index is 603. The Labute approximate surface area is 141 Å². The number of rotatable bonds is 3. The lowest BCUT2D eigenvalue weighted by Crippen LogP contribution is -2.51. The number of aliphatic hydroxyl groups is 1. The number of hydrogen-bond donors (Lipinski definition) is 1. The third-order valence-corrected chi connectivity index (χ3v) is 5.38. The maximum Gasteiger partial charge on any atom is 0.228 e. The van der Waals surface area contributed by atoms with Crippen LogP contribution in [0.5, 0.6) is 0 Å². The molecule has 3 unspecified atom stereocenters. The molecule has 0 aromatic heterocycles. The molecule has 1 aliphatic carbocycles. The summed E-state index contributed by atoms with van der Waals surface area (Å²) >= 11 is 0. The van der Waals surface area contributed by atoms with Crippen molar-refractivity contribution in [1.82, 2.24) is 9.80 Å². The van der Waals surface area contributed by atoms with E-state index in [1.54, 1.807) is 0 Å². The zero-order chi connectivity index (χ0) is 17.3. The van der Waals surface area contributed by atoms with E-state index in [-0.39, 0.29) is 17.9 Å². The van der Waals surface area contributed by atoms with Gasteiger partial charge in [0, 0.05) is 43.9 Å². The number of benzene rings is 1. The molecule has 3 atom stereocenters. The highest BCUT2D eigenvalue weighted by molar-refractivity contribution is 5.79. The Kier molecular flexibility index (Phi) is 5.15. The van der Waals surface area contributed by atoms with Gasteiger partial charge in [0.05, 0.1) is 12.0 Å². The van der Waals surface area contributed by atoms with Gasteiger partial charge in [-0.05, 0) is 32.3 Å². The second kappa shape index (κ2) is 7.15. The van der Waals surface area contributed by atoms with Gasteiger partial charge in [0.2, 0.25) is 5.91 Å². The highest BCUT2D eigenvalue weighted by atomic mass is 19.1. The summed E-state index contributed by atoms with van der Waals surface area (Å²) in [6.07, 6.45) is 1.86. The summed E-state index contributed by atoms with van der Waals surface area (Å²) in [5.74, 6) is -1.33. The van der Waals surface area contributed by atoms with E-state index in [1.807, 2.05) is 11.8 Å². The van der Waals surface area contributed by atoms with Crippen LogP contribution in [0, 0.1) is 17.6 Å². The van der Waals surface area contributed by atoms with Crippen molar-refractivity contribution < 1.29 is 18.7 Å². The first-order valence-electron chi connectivity index (χ1n) is 8.63. The smallest absolute Gasteiger partial charge is 0.228 e. The molecule has 24 heavy (non-hydrogen) atoms. The van der Waals surface area contributed by atoms with Gasteiger partial charge in [0.1, 0.15) is 11.6 Å². The summed E-state index contributed by atoms with van der Waals surface area (Å²) in [6, 6.07) is 3.50. The van der Waals surface area contributed by atoms with Crippen molar-refractivity contribution in [1.29, 1.82) is 0 Å². The lowest BCUT2D eigenvalue weighted by Gasteiger charge is -2.39. The van der Waals surface area contributed by atoms with E-state index < -0.39 is 17.7 Å². The molecule has 2 aliphatic rings. The van der Waals surface area contributed by atoms with Crippen LogP contribution in [0.25, 0.3) is 0 Å². The van der Waals surface area contributed by atoms with Crippen LogP contribution in [0.1, 0.15) is 37.8 Å². The number of piperazine rings is 1. The minimum absolute atomic E-state index is 0.0419. The third-order valence-electron chi connectivity index (χ3n) is 5.38. The topological polar surface area (TPSA) is 43.8 Å². The van der Waals surface area contributed by atoms with E-state index in [0.717, 1.165) is 18.9 Å². The van der Waals surface area contributed by atoms with Crippen LogP contribution in [-0.4, -0.2) is 53.1 Å². The lowest BCUT2D eigenvalue weighted by atomic mass is 10.0. The maximum atomic E-state index is 13.9. The zero-order valence-corrected chi connectivity index (χ0v) is 13.9. The predicted octanol–water partition coefficient (Wildman–Crippen LogP) is 2.33. The largest absolute Gasteiger partial charge is 0.392 e. The Balaban J connectivity index is 1.59. The zero-order valence-electron chi connectivity index (χ0n) is 13.9. The molecule has 1 N–H and O–H groups in total. The van der Waals surface area contributed by atoms with E-state index in [9.17, 15) is 18.7 Å². The SMILES string of the molecule is CC(c1ccc(F)cc1F)N1CCN(C(=O)C2CCCC2O)CC1. The minimum Gasteiger partial charge on any atom is -0.392 e. The van der Waals surface area contributed by atoms with Gasteiger partial charge in [0.25, 0.3) is 0 Å². The lowest BCUT2D eigenvalue weighted by molar-refractivity contribution is -0.140. The number of nitrogens with zero attached hydrogens (tertiary/aromatic N) is 2. The molecule has 0 spiro atoms. The summed E-state index contributed by atoms with van der Waals surface area (Å²) < 4.78 is 27.0. The molecule has 1 saturated carbocycles. The number of carbonyl (C=O) groups excluding carboxylic acids is 1. The highest BCUT2D eigenvalue weighted by Crippen LogP contribution is 2.29. The third kappa shape index (κ3) is 3.44. The standard InChI is InChI=1S/C18H24F2N2O2/c1-12(14-6-5-13(19)11-16(14)20)21-7-9-22(10-8-21)18(24)15-3-2-4-17(15)23/h5-6,11-12,15,17,23H,2-4,7-10H2,1H3. The fourth-order valence-electron chi connectivity index (χ4n) is 3.83. The Morgan fingerprint density at radius 3 is 2.50 bits per heavy atom. The van der Waals surface area contributed by atoms with Crippen LogP contribution >= 0.6 is 0 Å². The summed E-state index contributed by atoms with van der Waals surface area (Å²) in [5.41, 5.74) is 0.474. The number of carbonyl (C=O) groups is 1. The highest BCUT2D eigenvalue weighted by Gasteiger charge is 2.36. The predicted molar refractivity (Wildman–Crippen MR) is 86.3 cm³/mol. The number of aliphatic hydroxyl groups excluding tert-OH is 1. The molecule has 6 heteroatoms. The molecule has 0 bridgehead atoms. The van der Waals surface area contributed by atoms with Crippen LogP contribution in [0.3, 0.4) is 0 Å². The van der Waals surface area contributed by atoms with E-state index in [0.29, 0.717) is 38.2 Å². The first kappa shape index (κ1) is 17.3. The molecule has 1 amide bonds.